The van der Waals surface area contributed by atoms with Crippen molar-refractivity contribution in [1.29, 1.82) is 0 Å². The average Bonchev–Trinajstić information content (AvgIpc) is 3.34. The van der Waals surface area contributed by atoms with Crippen LogP contribution in [0.1, 0.15) is 43.4 Å². The van der Waals surface area contributed by atoms with Crippen molar-refractivity contribution in [2.75, 3.05) is 20.1 Å². The van der Waals surface area contributed by atoms with E-state index in [2.05, 4.69) is 65.0 Å². The zero-order valence-electron chi connectivity index (χ0n) is 19.9. The van der Waals surface area contributed by atoms with Gasteiger partial charge in [0.2, 0.25) is 5.82 Å². The van der Waals surface area contributed by atoms with Crippen LogP contribution < -0.4 is 0 Å². The highest BCUT2D eigenvalue weighted by atomic mass is 16.5. The lowest BCUT2D eigenvalue weighted by atomic mass is 9.62. The highest BCUT2D eigenvalue weighted by Crippen LogP contribution is 2.50. The molecule has 0 aliphatic carbocycles. The summed E-state index contributed by atoms with van der Waals surface area (Å²) in [6.07, 6.45) is 6.81. The average molecular weight is 456 g/mol. The maximum absolute atomic E-state index is 12.4. The van der Waals surface area contributed by atoms with Crippen molar-refractivity contribution in [3.63, 3.8) is 0 Å². The first-order valence-electron chi connectivity index (χ1n) is 11.5. The molecule has 1 aliphatic rings. The highest BCUT2D eigenvalue weighted by Gasteiger charge is 2.55. The molecule has 1 unspecified atom stereocenters. The number of pyridine rings is 2. The van der Waals surface area contributed by atoms with Crippen molar-refractivity contribution in [1.82, 2.24) is 25.0 Å². The van der Waals surface area contributed by atoms with Gasteiger partial charge in [0.1, 0.15) is 5.60 Å². The van der Waals surface area contributed by atoms with Gasteiger partial charge in [-0.3, -0.25) is 9.97 Å². The molecule has 174 valence electrons. The molecule has 1 fully saturated rings. The van der Waals surface area contributed by atoms with Gasteiger partial charge in [0.15, 0.2) is 0 Å². The van der Waals surface area contributed by atoms with E-state index in [1.165, 1.54) is 5.56 Å². The standard InChI is InChI=1S/C27H29N5O2/c1-18(2)19-7-9-22(10-8-19)27(33,26(3)16-32(4)17-26)23-12-21(14-29-15-23)24-30-25(34-31-24)20-6-5-11-28-13-20/h5-15,18,33H,16-17H2,1-4H3. The summed E-state index contributed by atoms with van der Waals surface area (Å²) in [5, 5.41) is 16.5. The number of aromatic nitrogens is 4. The fourth-order valence-corrected chi connectivity index (χ4v) is 5.05. The van der Waals surface area contributed by atoms with Crippen molar-refractivity contribution < 1.29 is 9.63 Å². The summed E-state index contributed by atoms with van der Waals surface area (Å²) in [5.74, 6) is 1.23. The summed E-state index contributed by atoms with van der Waals surface area (Å²) >= 11 is 0. The second-order valence-electron chi connectivity index (χ2n) is 9.85. The molecular formula is C27H29N5O2. The third-order valence-electron chi connectivity index (χ3n) is 6.86. The largest absolute Gasteiger partial charge is 0.380 e. The molecule has 0 radical (unpaired) electrons. The van der Waals surface area contributed by atoms with E-state index in [9.17, 15) is 5.11 Å². The number of aliphatic hydroxyl groups is 1. The van der Waals surface area contributed by atoms with E-state index in [-0.39, 0.29) is 5.41 Å². The van der Waals surface area contributed by atoms with Crippen molar-refractivity contribution in [2.45, 2.75) is 32.3 Å². The molecule has 1 saturated heterocycles. The van der Waals surface area contributed by atoms with Crippen LogP contribution in [0.2, 0.25) is 0 Å². The predicted octanol–water partition coefficient (Wildman–Crippen LogP) is 4.50. The Balaban J connectivity index is 1.57. The van der Waals surface area contributed by atoms with Gasteiger partial charge in [0.05, 0.1) is 5.56 Å². The molecule has 1 atom stereocenters. The number of benzene rings is 1. The fraction of sp³-hybridized carbons (Fsp3) is 0.333. The molecule has 0 amide bonds. The van der Waals surface area contributed by atoms with Gasteiger partial charge in [-0.05, 0) is 42.3 Å². The number of hydrogen-bond acceptors (Lipinski definition) is 7. The van der Waals surface area contributed by atoms with Crippen molar-refractivity contribution in [3.05, 3.63) is 83.9 Å². The Morgan fingerprint density at radius 3 is 2.38 bits per heavy atom. The SMILES string of the molecule is CC(C)c1ccc(C(O)(c2cncc(-c3noc(-c4cccnc4)n3)c2)C2(C)CN(C)C2)cc1. The molecule has 7 nitrogen and oxygen atoms in total. The van der Waals surface area contributed by atoms with Crippen molar-refractivity contribution in [2.24, 2.45) is 5.41 Å². The van der Waals surface area contributed by atoms with E-state index in [0.29, 0.717) is 28.8 Å². The van der Waals surface area contributed by atoms with Gasteiger partial charge in [-0.2, -0.15) is 4.98 Å². The van der Waals surface area contributed by atoms with Gasteiger partial charge in [0, 0.05) is 54.4 Å². The molecule has 0 spiro atoms. The fourth-order valence-electron chi connectivity index (χ4n) is 5.05. The van der Waals surface area contributed by atoms with Crippen LogP contribution in [0.5, 0.6) is 0 Å². The Kier molecular flexibility index (Phi) is 5.54. The second-order valence-corrected chi connectivity index (χ2v) is 9.85. The lowest BCUT2D eigenvalue weighted by molar-refractivity contribution is -0.127. The molecular weight excluding hydrogens is 426 g/mol. The Hall–Kier alpha value is -3.42. The molecule has 7 heteroatoms. The van der Waals surface area contributed by atoms with E-state index < -0.39 is 5.60 Å². The first-order chi connectivity index (χ1) is 16.3. The predicted molar refractivity (Wildman–Crippen MR) is 130 cm³/mol. The molecule has 3 aromatic heterocycles. The Bertz CT molecular complexity index is 1280. The van der Waals surface area contributed by atoms with E-state index >= 15 is 0 Å². The lowest BCUT2D eigenvalue weighted by Crippen LogP contribution is -2.63. The van der Waals surface area contributed by atoms with Crippen LogP contribution >= 0.6 is 0 Å². The Labute approximate surface area is 199 Å². The number of rotatable bonds is 6. The van der Waals surface area contributed by atoms with Gasteiger partial charge in [-0.15, -0.1) is 0 Å². The molecule has 1 aliphatic heterocycles. The summed E-state index contributed by atoms with van der Waals surface area (Å²) in [6, 6.07) is 13.9. The second kappa shape index (κ2) is 8.42. The van der Waals surface area contributed by atoms with Gasteiger partial charge >= 0.3 is 0 Å². The summed E-state index contributed by atoms with van der Waals surface area (Å²) in [5.41, 5.74) is 2.64. The maximum Gasteiger partial charge on any atom is 0.259 e. The van der Waals surface area contributed by atoms with Gasteiger partial charge in [-0.1, -0.05) is 50.2 Å². The quantitative estimate of drug-likeness (QED) is 0.458. The van der Waals surface area contributed by atoms with E-state index in [1.54, 1.807) is 24.8 Å². The molecule has 0 saturated carbocycles. The summed E-state index contributed by atoms with van der Waals surface area (Å²) < 4.78 is 5.47. The van der Waals surface area contributed by atoms with Crippen molar-refractivity contribution >= 4 is 0 Å². The maximum atomic E-state index is 12.4. The summed E-state index contributed by atoms with van der Waals surface area (Å²) in [4.78, 5) is 15.3. The van der Waals surface area contributed by atoms with E-state index in [0.717, 1.165) is 24.2 Å². The first kappa shape index (κ1) is 22.4. The van der Waals surface area contributed by atoms with Crippen molar-refractivity contribution in [3.8, 4) is 22.8 Å². The number of hydrogen-bond donors (Lipinski definition) is 1. The molecule has 5 rings (SSSR count). The van der Waals surface area contributed by atoms with Crippen LogP contribution in [-0.2, 0) is 5.60 Å². The molecule has 0 bridgehead atoms. The van der Waals surface area contributed by atoms with Crippen LogP contribution in [0.15, 0.2) is 71.8 Å². The topological polar surface area (TPSA) is 88.2 Å². The third kappa shape index (κ3) is 3.71. The lowest BCUT2D eigenvalue weighted by Gasteiger charge is -2.55. The number of nitrogens with zero attached hydrogens (tertiary/aromatic N) is 5. The molecule has 1 aromatic carbocycles. The van der Waals surface area contributed by atoms with Crippen LogP contribution in [0.4, 0.5) is 0 Å². The van der Waals surface area contributed by atoms with Crippen LogP contribution in [0.3, 0.4) is 0 Å². The summed E-state index contributed by atoms with van der Waals surface area (Å²) in [6.45, 7) is 8.01. The van der Waals surface area contributed by atoms with Gasteiger partial charge in [-0.25, -0.2) is 0 Å². The molecule has 4 heterocycles. The molecule has 34 heavy (non-hydrogen) atoms. The first-order valence-corrected chi connectivity index (χ1v) is 11.5. The minimum atomic E-state index is -1.23. The minimum Gasteiger partial charge on any atom is -0.380 e. The number of likely N-dealkylation sites (tertiary alicyclic amines) is 1. The molecule has 1 N–H and O–H groups in total. The van der Waals surface area contributed by atoms with Crippen LogP contribution in [0, 0.1) is 5.41 Å². The zero-order chi connectivity index (χ0) is 23.9. The van der Waals surface area contributed by atoms with Gasteiger partial charge < -0.3 is 14.5 Å². The Morgan fingerprint density at radius 1 is 1.00 bits per heavy atom. The highest BCUT2D eigenvalue weighted by molar-refractivity contribution is 5.60. The third-order valence-corrected chi connectivity index (χ3v) is 6.86. The minimum absolute atomic E-state index is 0.375. The van der Waals surface area contributed by atoms with E-state index in [4.69, 9.17) is 4.52 Å². The Morgan fingerprint density at radius 2 is 1.74 bits per heavy atom. The molecule has 4 aromatic rings. The van der Waals surface area contributed by atoms with Crippen LogP contribution in [0.25, 0.3) is 22.8 Å². The normalized spacial score (nSPS) is 17.4. The van der Waals surface area contributed by atoms with Crippen LogP contribution in [-0.4, -0.2) is 50.3 Å². The van der Waals surface area contributed by atoms with E-state index in [1.807, 2.05) is 30.3 Å². The monoisotopic (exact) mass is 455 g/mol. The summed E-state index contributed by atoms with van der Waals surface area (Å²) in [7, 11) is 2.07. The smallest absolute Gasteiger partial charge is 0.259 e. The zero-order valence-corrected chi connectivity index (χ0v) is 19.9. The van der Waals surface area contributed by atoms with Gasteiger partial charge in [0.25, 0.3) is 5.89 Å².